The molecule has 0 spiro atoms. The smallest absolute Gasteiger partial charge is 0.191 e. The zero-order chi connectivity index (χ0) is 27.7. The number of nitrogens with zero attached hydrogens (tertiary/aromatic N) is 3. The van der Waals surface area contributed by atoms with Crippen molar-refractivity contribution < 1.29 is 9.47 Å². The quantitative estimate of drug-likeness (QED) is 0.417. The average molecular weight is 572 g/mol. The van der Waals surface area contributed by atoms with Crippen LogP contribution >= 0.6 is 15.9 Å². The Morgan fingerprint density at radius 3 is 2.37 bits per heavy atom. The Bertz CT molecular complexity index is 1400. The lowest BCUT2D eigenvalue weighted by Gasteiger charge is -2.47. The summed E-state index contributed by atoms with van der Waals surface area (Å²) in [5.41, 5.74) is 7.66. The first-order valence-electron chi connectivity index (χ1n) is 12.6. The van der Waals surface area contributed by atoms with Crippen LogP contribution < -0.4 is 15.2 Å². The van der Waals surface area contributed by atoms with Gasteiger partial charge in [-0.25, -0.2) is 0 Å². The Morgan fingerprint density at radius 1 is 1.11 bits per heavy atom. The van der Waals surface area contributed by atoms with Gasteiger partial charge in [0.25, 0.3) is 0 Å². The topological polar surface area (TPSA) is 116 Å². The number of rotatable bonds is 5. The second-order valence-electron chi connectivity index (χ2n) is 11.0. The van der Waals surface area contributed by atoms with Crippen molar-refractivity contribution in [3.63, 3.8) is 0 Å². The first-order valence-corrected chi connectivity index (χ1v) is 13.4. The van der Waals surface area contributed by atoms with Gasteiger partial charge in [-0.05, 0) is 74.9 Å². The van der Waals surface area contributed by atoms with Crippen LogP contribution in [0.4, 0.5) is 0 Å². The average Bonchev–Trinajstić information content (AvgIpc) is 2.91. The molecule has 0 bridgehead atoms. The van der Waals surface area contributed by atoms with E-state index in [2.05, 4.69) is 61.0 Å². The molecule has 0 amide bonds. The van der Waals surface area contributed by atoms with E-state index in [4.69, 9.17) is 15.2 Å². The van der Waals surface area contributed by atoms with Gasteiger partial charge in [0.2, 0.25) is 0 Å². The summed E-state index contributed by atoms with van der Waals surface area (Å²) in [6, 6.07) is 20.2. The molecule has 194 valence electrons. The van der Waals surface area contributed by atoms with E-state index in [1.807, 2.05) is 42.5 Å². The van der Waals surface area contributed by atoms with Crippen molar-refractivity contribution in [2.45, 2.75) is 46.1 Å². The molecule has 7 heteroatoms. The molecule has 3 unspecified atom stereocenters. The van der Waals surface area contributed by atoms with Crippen LogP contribution in [0.3, 0.4) is 0 Å². The maximum absolute atomic E-state index is 10.5. The second kappa shape index (κ2) is 10.6. The molecular formula is C31H31BrN4O2. The van der Waals surface area contributed by atoms with E-state index in [-0.39, 0.29) is 22.6 Å². The molecular weight excluding hydrogens is 540 g/mol. The SMILES string of the molecule is COc1cc(C2C3CC(C(C)(C)C)CC=C3C(C#N)=C(N)C2(C#N)C#N)cc(Br)c1OCc1ccccc1. The van der Waals surface area contributed by atoms with E-state index in [0.29, 0.717) is 28.5 Å². The third-order valence-electron chi connectivity index (χ3n) is 7.94. The van der Waals surface area contributed by atoms with Gasteiger partial charge in [-0.15, -0.1) is 0 Å². The predicted molar refractivity (Wildman–Crippen MR) is 148 cm³/mol. The van der Waals surface area contributed by atoms with Crippen molar-refractivity contribution in [2.75, 3.05) is 7.11 Å². The molecule has 0 radical (unpaired) electrons. The highest BCUT2D eigenvalue weighted by Crippen LogP contribution is 2.59. The standard InChI is InChI=1S/C31H31BrN4O2/c1-30(2,3)21-10-11-22-23(14-21)27(31(17-34,18-35)29(36)24(22)15-33)20-12-25(32)28(26(13-20)37-4)38-16-19-8-6-5-7-9-19/h5-9,11-13,21,23,27H,10,14,16,36H2,1-4H3. The summed E-state index contributed by atoms with van der Waals surface area (Å²) >= 11 is 3.65. The van der Waals surface area contributed by atoms with Gasteiger partial charge in [0, 0.05) is 5.92 Å². The van der Waals surface area contributed by atoms with E-state index in [1.54, 1.807) is 7.11 Å². The van der Waals surface area contributed by atoms with Crippen LogP contribution in [-0.2, 0) is 6.61 Å². The van der Waals surface area contributed by atoms with Crippen molar-refractivity contribution in [2.24, 2.45) is 28.4 Å². The molecule has 0 fully saturated rings. The van der Waals surface area contributed by atoms with Gasteiger partial charge < -0.3 is 15.2 Å². The van der Waals surface area contributed by atoms with Crippen molar-refractivity contribution in [1.29, 1.82) is 15.8 Å². The summed E-state index contributed by atoms with van der Waals surface area (Å²) in [7, 11) is 1.56. The molecule has 0 heterocycles. The maximum atomic E-state index is 10.5. The Hall–Kier alpha value is -3.73. The third kappa shape index (κ3) is 4.66. The lowest BCUT2D eigenvalue weighted by Crippen LogP contribution is -2.44. The van der Waals surface area contributed by atoms with Crippen LogP contribution in [-0.4, -0.2) is 7.11 Å². The summed E-state index contributed by atoms with van der Waals surface area (Å²) in [6.07, 6.45) is 3.63. The number of fused-ring (bicyclic) bond motifs is 1. The van der Waals surface area contributed by atoms with E-state index < -0.39 is 11.3 Å². The fraction of sp³-hybridized carbons (Fsp3) is 0.387. The van der Waals surface area contributed by atoms with Crippen LogP contribution in [0, 0.1) is 56.7 Å². The number of nitrogens with two attached hydrogens (primary N) is 1. The first-order chi connectivity index (χ1) is 18.1. The van der Waals surface area contributed by atoms with Gasteiger partial charge in [-0.3, -0.25) is 0 Å². The molecule has 0 saturated carbocycles. The van der Waals surface area contributed by atoms with Gasteiger partial charge in [0.15, 0.2) is 16.9 Å². The number of halogens is 1. The largest absolute Gasteiger partial charge is 0.493 e. The molecule has 2 aromatic carbocycles. The summed E-state index contributed by atoms with van der Waals surface area (Å²) in [6.45, 7) is 6.95. The van der Waals surface area contributed by atoms with Gasteiger partial charge in [0.05, 0.1) is 35.0 Å². The lowest BCUT2D eigenvalue weighted by atomic mass is 9.54. The zero-order valence-electron chi connectivity index (χ0n) is 22.1. The maximum Gasteiger partial charge on any atom is 0.191 e. The number of nitriles is 3. The van der Waals surface area contributed by atoms with Crippen molar-refractivity contribution >= 4 is 15.9 Å². The minimum absolute atomic E-state index is 0.0153. The van der Waals surface area contributed by atoms with Gasteiger partial charge >= 0.3 is 0 Å². The number of hydrogen-bond donors (Lipinski definition) is 1. The van der Waals surface area contributed by atoms with Crippen molar-refractivity contribution in [3.05, 3.63) is 81.0 Å². The van der Waals surface area contributed by atoms with Crippen molar-refractivity contribution in [1.82, 2.24) is 0 Å². The van der Waals surface area contributed by atoms with Gasteiger partial charge in [-0.2, -0.15) is 15.8 Å². The van der Waals surface area contributed by atoms with Crippen LogP contribution in [0.2, 0.25) is 0 Å². The van der Waals surface area contributed by atoms with Crippen LogP contribution in [0.15, 0.2) is 69.9 Å². The van der Waals surface area contributed by atoms with E-state index in [0.717, 1.165) is 29.5 Å². The minimum atomic E-state index is -1.70. The predicted octanol–water partition coefficient (Wildman–Crippen LogP) is 6.90. The Kier molecular flexibility index (Phi) is 7.59. The van der Waals surface area contributed by atoms with Crippen LogP contribution in [0.25, 0.3) is 0 Å². The Labute approximate surface area is 233 Å². The summed E-state index contributed by atoms with van der Waals surface area (Å²) in [4.78, 5) is 0. The highest BCUT2D eigenvalue weighted by molar-refractivity contribution is 9.10. The molecule has 2 aromatic rings. The Morgan fingerprint density at radius 2 is 1.79 bits per heavy atom. The zero-order valence-corrected chi connectivity index (χ0v) is 23.7. The molecule has 2 aliphatic carbocycles. The highest BCUT2D eigenvalue weighted by Gasteiger charge is 2.55. The van der Waals surface area contributed by atoms with Gasteiger partial charge in [0.1, 0.15) is 12.7 Å². The highest BCUT2D eigenvalue weighted by atomic mass is 79.9. The molecule has 2 N–H and O–H groups in total. The number of methoxy groups -OCH3 is 1. The molecule has 0 aromatic heterocycles. The number of hydrogen-bond acceptors (Lipinski definition) is 6. The third-order valence-corrected chi connectivity index (χ3v) is 8.53. The van der Waals surface area contributed by atoms with Crippen LogP contribution in [0.5, 0.6) is 11.5 Å². The van der Waals surface area contributed by atoms with E-state index in [9.17, 15) is 15.8 Å². The molecule has 2 aliphatic rings. The molecule has 0 aliphatic heterocycles. The van der Waals surface area contributed by atoms with E-state index >= 15 is 0 Å². The molecule has 38 heavy (non-hydrogen) atoms. The lowest BCUT2D eigenvalue weighted by molar-refractivity contribution is 0.170. The molecule has 0 saturated heterocycles. The first kappa shape index (κ1) is 27.3. The van der Waals surface area contributed by atoms with E-state index in [1.165, 1.54) is 0 Å². The fourth-order valence-corrected chi connectivity index (χ4v) is 6.34. The molecule has 6 nitrogen and oxygen atoms in total. The van der Waals surface area contributed by atoms with Gasteiger partial charge in [-0.1, -0.05) is 57.2 Å². The van der Waals surface area contributed by atoms with Crippen LogP contribution in [0.1, 0.15) is 50.7 Å². The number of allylic oxidation sites excluding steroid dienone is 4. The summed E-state index contributed by atoms with van der Waals surface area (Å²) in [5.74, 6) is 0.495. The monoisotopic (exact) mass is 570 g/mol. The minimum Gasteiger partial charge on any atom is -0.493 e. The fourth-order valence-electron chi connectivity index (χ4n) is 5.76. The Balaban J connectivity index is 1.87. The summed E-state index contributed by atoms with van der Waals surface area (Å²) < 4.78 is 12.5. The normalized spacial score (nSPS) is 22.3. The number of ether oxygens (including phenoxy) is 2. The van der Waals surface area contributed by atoms with Crippen molar-refractivity contribution in [3.8, 4) is 29.7 Å². The second-order valence-corrected chi connectivity index (χ2v) is 11.9. The summed E-state index contributed by atoms with van der Waals surface area (Å²) in [5, 5.41) is 30.9. The molecule has 3 atom stereocenters. The molecule has 4 rings (SSSR count). The number of benzene rings is 2.